The van der Waals surface area contributed by atoms with Gasteiger partial charge >= 0.3 is 0 Å². The second kappa shape index (κ2) is 6.88. The Morgan fingerprint density at radius 1 is 1.26 bits per heavy atom. The fourth-order valence-corrected chi connectivity index (χ4v) is 4.84. The van der Waals surface area contributed by atoms with E-state index in [1.165, 1.54) is 9.56 Å². The molecule has 0 fully saturated rings. The molecule has 0 aliphatic heterocycles. The third-order valence-corrected chi connectivity index (χ3v) is 6.37. The van der Waals surface area contributed by atoms with Crippen molar-refractivity contribution in [2.24, 2.45) is 0 Å². The average Bonchev–Trinajstić information content (AvgIpc) is 3.03. The number of hydrogen-bond donors (Lipinski definition) is 1. The number of aromatic nitrogens is 3. The summed E-state index contributed by atoms with van der Waals surface area (Å²) in [5, 5.41) is 11.8. The number of fused-ring (bicyclic) bond motifs is 3. The summed E-state index contributed by atoms with van der Waals surface area (Å²) in [5.41, 5.74) is 3.75. The first-order valence-corrected chi connectivity index (χ1v) is 10.0. The van der Waals surface area contributed by atoms with Crippen molar-refractivity contribution < 1.29 is 4.79 Å². The van der Waals surface area contributed by atoms with Crippen LogP contribution >= 0.6 is 11.3 Å². The Kier molecular flexibility index (Phi) is 4.55. The Hall–Kier alpha value is -2.54. The minimum atomic E-state index is -0.741. The zero-order chi connectivity index (χ0) is 19.1. The van der Waals surface area contributed by atoms with Gasteiger partial charge in [-0.1, -0.05) is 22.9 Å². The van der Waals surface area contributed by atoms with Crippen LogP contribution < -0.4 is 10.9 Å². The lowest BCUT2D eigenvalue weighted by molar-refractivity contribution is -0.119. The van der Waals surface area contributed by atoms with E-state index < -0.39 is 6.04 Å². The van der Waals surface area contributed by atoms with Crippen LogP contribution in [0.3, 0.4) is 0 Å². The normalized spacial score (nSPS) is 14.8. The predicted octanol–water partition coefficient (Wildman–Crippen LogP) is 3.55. The molecule has 7 heteroatoms. The largest absolute Gasteiger partial charge is 0.324 e. The fraction of sp³-hybridized carbons (Fsp3) is 0.400. The summed E-state index contributed by atoms with van der Waals surface area (Å²) < 4.78 is 1.21. The van der Waals surface area contributed by atoms with Gasteiger partial charge in [-0.25, -0.2) is 0 Å². The standard InChI is InChI=1S/C20H22N4O2S/c1-11-8-9-15(12(2)10-11)21-18(25)13(3)24-20(26)17-14-6-4-5-7-16(14)27-19(17)22-23-24/h8-10,13H,4-7H2,1-3H3,(H,21,25)/t13-/m0/s1. The molecule has 1 aliphatic rings. The highest BCUT2D eigenvalue weighted by atomic mass is 32.1. The van der Waals surface area contributed by atoms with E-state index in [4.69, 9.17) is 0 Å². The number of hydrogen-bond acceptors (Lipinski definition) is 5. The zero-order valence-electron chi connectivity index (χ0n) is 15.7. The summed E-state index contributed by atoms with van der Waals surface area (Å²) >= 11 is 1.56. The molecule has 3 aromatic rings. The first-order chi connectivity index (χ1) is 13.0. The molecule has 1 amide bonds. The van der Waals surface area contributed by atoms with Gasteiger partial charge in [-0.3, -0.25) is 9.59 Å². The number of aryl methyl sites for hydroxylation is 4. The molecule has 0 saturated heterocycles. The second-order valence-electron chi connectivity index (χ2n) is 7.21. The molecule has 0 spiro atoms. The van der Waals surface area contributed by atoms with Crippen LogP contribution in [-0.4, -0.2) is 20.9 Å². The van der Waals surface area contributed by atoms with E-state index in [9.17, 15) is 9.59 Å². The second-order valence-corrected chi connectivity index (χ2v) is 8.30. The number of nitrogens with one attached hydrogen (secondary N) is 1. The number of amides is 1. The minimum absolute atomic E-state index is 0.220. The maximum atomic E-state index is 13.1. The van der Waals surface area contributed by atoms with E-state index >= 15 is 0 Å². The molecule has 2 aromatic heterocycles. The zero-order valence-corrected chi connectivity index (χ0v) is 16.5. The van der Waals surface area contributed by atoms with Gasteiger partial charge in [0.2, 0.25) is 5.91 Å². The summed E-state index contributed by atoms with van der Waals surface area (Å²) in [6.07, 6.45) is 4.14. The number of anilines is 1. The fourth-order valence-electron chi connectivity index (χ4n) is 3.64. The molecule has 6 nitrogen and oxygen atoms in total. The lowest BCUT2D eigenvalue weighted by Gasteiger charge is -2.15. The highest BCUT2D eigenvalue weighted by molar-refractivity contribution is 7.18. The third kappa shape index (κ3) is 3.16. The van der Waals surface area contributed by atoms with Crippen LogP contribution in [0.4, 0.5) is 5.69 Å². The maximum absolute atomic E-state index is 13.1. The quantitative estimate of drug-likeness (QED) is 0.751. The van der Waals surface area contributed by atoms with E-state index in [1.54, 1.807) is 18.3 Å². The lowest BCUT2D eigenvalue weighted by atomic mass is 9.97. The third-order valence-electron chi connectivity index (χ3n) is 5.19. The van der Waals surface area contributed by atoms with Crippen molar-refractivity contribution in [1.29, 1.82) is 0 Å². The van der Waals surface area contributed by atoms with Gasteiger partial charge in [-0.15, -0.1) is 16.4 Å². The molecule has 0 unspecified atom stereocenters. The average molecular weight is 382 g/mol. The van der Waals surface area contributed by atoms with Crippen LogP contribution in [0.15, 0.2) is 23.0 Å². The first-order valence-electron chi connectivity index (χ1n) is 9.23. The van der Waals surface area contributed by atoms with Crippen molar-refractivity contribution in [1.82, 2.24) is 15.0 Å². The van der Waals surface area contributed by atoms with E-state index in [1.807, 2.05) is 32.0 Å². The first kappa shape index (κ1) is 17.9. The molecular weight excluding hydrogens is 360 g/mol. The van der Waals surface area contributed by atoms with Crippen molar-refractivity contribution in [2.75, 3.05) is 5.32 Å². The van der Waals surface area contributed by atoms with Crippen LogP contribution in [0.1, 0.15) is 47.4 Å². The molecule has 140 valence electrons. The van der Waals surface area contributed by atoms with Gasteiger partial charge in [-0.05, 0) is 63.6 Å². The van der Waals surface area contributed by atoms with E-state index in [2.05, 4.69) is 15.6 Å². The van der Waals surface area contributed by atoms with Crippen molar-refractivity contribution in [2.45, 2.75) is 52.5 Å². The van der Waals surface area contributed by atoms with Crippen LogP contribution in [0.5, 0.6) is 0 Å². The summed E-state index contributed by atoms with van der Waals surface area (Å²) in [7, 11) is 0. The molecule has 1 aromatic carbocycles. The van der Waals surface area contributed by atoms with E-state index in [-0.39, 0.29) is 11.5 Å². The highest BCUT2D eigenvalue weighted by Crippen LogP contribution is 2.33. The monoisotopic (exact) mass is 382 g/mol. The topological polar surface area (TPSA) is 76.9 Å². The molecule has 1 N–H and O–H groups in total. The maximum Gasteiger partial charge on any atom is 0.279 e. The van der Waals surface area contributed by atoms with Crippen molar-refractivity contribution in [3.05, 3.63) is 50.1 Å². The lowest BCUT2D eigenvalue weighted by Crippen LogP contribution is -2.34. The van der Waals surface area contributed by atoms with Gasteiger partial charge in [0.15, 0.2) is 4.83 Å². The smallest absolute Gasteiger partial charge is 0.279 e. The van der Waals surface area contributed by atoms with Crippen molar-refractivity contribution >= 4 is 33.1 Å². The van der Waals surface area contributed by atoms with Gasteiger partial charge in [0.25, 0.3) is 5.56 Å². The number of benzene rings is 1. The number of thiophene rings is 1. The van der Waals surface area contributed by atoms with Gasteiger partial charge in [0, 0.05) is 10.6 Å². The number of carbonyl (C=O) groups is 1. The molecular formula is C20H22N4O2S. The van der Waals surface area contributed by atoms with Crippen LogP contribution in [0.2, 0.25) is 0 Å². The van der Waals surface area contributed by atoms with Crippen LogP contribution in [0, 0.1) is 13.8 Å². The summed E-state index contributed by atoms with van der Waals surface area (Å²) in [6, 6.07) is 5.09. The molecule has 0 radical (unpaired) electrons. The molecule has 1 aliphatic carbocycles. The van der Waals surface area contributed by atoms with Crippen molar-refractivity contribution in [3.8, 4) is 0 Å². The Balaban J connectivity index is 1.68. The predicted molar refractivity (Wildman–Crippen MR) is 108 cm³/mol. The Labute approximate surface area is 161 Å². The van der Waals surface area contributed by atoms with E-state index in [0.717, 1.165) is 48.1 Å². The molecule has 0 saturated carbocycles. The van der Waals surface area contributed by atoms with E-state index in [0.29, 0.717) is 10.2 Å². The van der Waals surface area contributed by atoms with Gasteiger partial charge in [-0.2, -0.15) is 4.68 Å². The molecule has 4 rings (SSSR count). The number of carbonyl (C=O) groups excluding carboxylic acids is 1. The Bertz CT molecular complexity index is 1100. The summed E-state index contributed by atoms with van der Waals surface area (Å²) in [5.74, 6) is -0.276. The van der Waals surface area contributed by atoms with Gasteiger partial charge < -0.3 is 5.32 Å². The Morgan fingerprint density at radius 3 is 2.81 bits per heavy atom. The molecule has 1 atom stereocenters. The van der Waals surface area contributed by atoms with Crippen molar-refractivity contribution in [3.63, 3.8) is 0 Å². The summed E-state index contributed by atoms with van der Waals surface area (Å²) in [4.78, 5) is 27.7. The highest BCUT2D eigenvalue weighted by Gasteiger charge is 2.24. The minimum Gasteiger partial charge on any atom is -0.324 e. The SMILES string of the molecule is Cc1ccc(NC(=O)[C@H](C)n2nnc3sc4c(c3c2=O)CCCC4)c(C)c1. The van der Waals surface area contributed by atoms with Gasteiger partial charge in [0.1, 0.15) is 6.04 Å². The molecule has 0 bridgehead atoms. The number of nitrogens with zero attached hydrogens (tertiary/aromatic N) is 3. The van der Waals surface area contributed by atoms with Crippen LogP contribution in [-0.2, 0) is 17.6 Å². The van der Waals surface area contributed by atoms with Crippen LogP contribution in [0.25, 0.3) is 10.2 Å². The Morgan fingerprint density at radius 2 is 2.04 bits per heavy atom. The summed E-state index contributed by atoms with van der Waals surface area (Å²) in [6.45, 7) is 5.63. The van der Waals surface area contributed by atoms with Gasteiger partial charge in [0.05, 0.1) is 5.39 Å². The number of rotatable bonds is 3. The molecule has 2 heterocycles. The molecule has 27 heavy (non-hydrogen) atoms.